The van der Waals surface area contributed by atoms with Gasteiger partial charge < -0.3 is 23.5 Å². The molecule has 2 heterocycles. The summed E-state index contributed by atoms with van der Waals surface area (Å²) in [4.78, 5) is 7.28. The van der Waals surface area contributed by atoms with Crippen LogP contribution >= 0.6 is 0 Å². The normalized spacial score (nSPS) is 12.2. The summed E-state index contributed by atoms with van der Waals surface area (Å²) in [5.41, 5.74) is 4.53. The van der Waals surface area contributed by atoms with Crippen LogP contribution in [0.1, 0.15) is 36.6 Å². The van der Waals surface area contributed by atoms with Crippen molar-refractivity contribution in [3.63, 3.8) is 0 Å². The smallest absolute Gasteiger partial charge is 0.231 e. The zero-order valence-electron chi connectivity index (χ0n) is 22.4. The SMILES string of the molecule is CCCCn1c(CN(Cc2ccc3c(c2)OCO3)Cc2cc(OC)ccc2OC)cnc1-c1ccccc1. The minimum atomic E-state index is 0.266. The minimum absolute atomic E-state index is 0.266. The van der Waals surface area contributed by atoms with Gasteiger partial charge in [0.1, 0.15) is 17.3 Å². The molecule has 0 radical (unpaired) electrons. The molecule has 1 aliphatic heterocycles. The van der Waals surface area contributed by atoms with Crippen molar-refractivity contribution < 1.29 is 18.9 Å². The number of aromatic nitrogens is 2. The van der Waals surface area contributed by atoms with Gasteiger partial charge in [-0.05, 0) is 42.3 Å². The highest BCUT2D eigenvalue weighted by Crippen LogP contribution is 2.34. The average molecular weight is 514 g/mol. The first-order chi connectivity index (χ1) is 18.7. The number of hydrogen-bond acceptors (Lipinski definition) is 6. The van der Waals surface area contributed by atoms with Crippen LogP contribution in [0.5, 0.6) is 23.0 Å². The molecule has 0 unspecified atom stereocenters. The van der Waals surface area contributed by atoms with Crippen LogP contribution in [0.15, 0.2) is 72.9 Å². The predicted octanol–water partition coefficient (Wildman–Crippen LogP) is 6.30. The van der Waals surface area contributed by atoms with Crippen LogP contribution < -0.4 is 18.9 Å². The standard InChI is InChI=1S/C31H35N3O4/c1-4-5-15-34-26(18-32-31(34)24-9-7-6-8-10-24)21-33(19-23-11-13-29-30(16-23)38-22-37-29)20-25-17-27(35-2)12-14-28(25)36-3/h6-14,16-18H,4-5,15,19-22H2,1-3H3. The highest BCUT2D eigenvalue weighted by Gasteiger charge is 2.19. The lowest BCUT2D eigenvalue weighted by molar-refractivity contribution is 0.174. The molecular weight excluding hydrogens is 478 g/mol. The van der Waals surface area contributed by atoms with Crippen molar-refractivity contribution in [3.05, 3.63) is 89.7 Å². The highest BCUT2D eigenvalue weighted by atomic mass is 16.7. The van der Waals surface area contributed by atoms with E-state index in [1.807, 2.05) is 30.5 Å². The second-order valence-electron chi connectivity index (χ2n) is 9.45. The number of hydrogen-bond donors (Lipinski definition) is 0. The van der Waals surface area contributed by atoms with E-state index in [1.165, 1.54) is 5.69 Å². The fourth-order valence-electron chi connectivity index (χ4n) is 4.86. The first-order valence-corrected chi connectivity index (χ1v) is 13.1. The molecule has 0 fully saturated rings. The van der Waals surface area contributed by atoms with Gasteiger partial charge in [-0.15, -0.1) is 0 Å². The lowest BCUT2D eigenvalue weighted by atomic mass is 10.1. The maximum absolute atomic E-state index is 5.71. The van der Waals surface area contributed by atoms with Crippen LogP contribution in [0.2, 0.25) is 0 Å². The average Bonchev–Trinajstić information content (AvgIpc) is 3.58. The molecule has 0 saturated carbocycles. The van der Waals surface area contributed by atoms with Crippen LogP contribution in [0.3, 0.4) is 0 Å². The summed E-state index contributed by atoms with van der Waals surface area (Å²) in [6.07, 6.45) is 4.23. The number of benzene rings is 3. The molecule has 0 bridgehead atoms. The Morgan fingerprint density at radius 3 is 2.53 bits per heavy atom. The Bertz CT molecular complexity index is 1350. The first-order valence-electron chi connectivity index (χ1n) is 13.1. The van der Waals surface area contributed by atoms with Crippen molar-refractivity contribution in [1.82, 2.24) is 14.5 Å². The fraction of sp³-hybridized carbons (Fsp3) is 0.323. The molecule has 5 rings (SSSR count). The Morgan fingerprint density at radius 1 is 0.895 bits per heavy atom. The Kier molecular flexibility index (Phi) is 8.14. The van der Waals surface area contributed by atoms with Gasteiger partial charge in [0.2, 0.25) is 6.79 Å². The third-order valence-corrected chi connectivity index (χ3v) is 6.82. The third kappa shape index (κ3) is 5.78. The quantitative estimate of drug-likeness (QED) is 0.222. The molecule has 0 atom stereocenters. The van der Waals surface area contributed by atoms with E-state index in [-0.39, 0.29) is 6.79 Å². The minimum Gasteiger partial charge on any atom is -0.497 e. The van der Waals surface area contributed by atoms with Crippen LogP contribution in [-0.4, -0.2) is 35.5 Å². The zero-order chi connectivity index (χ0) is 26.3. The highest BCUT2D eigenvalue weighted by molar-refractivity contribution is 5.56. The van der Waals surface area contributed by atoms with Crippen LogP contribution in [0.25, 0.3) is 11.4 Å². The van der Waals surface area contributed by atoms with E-state index >= 15 is 0 Å². The topological polar surface area (TPSA) is 58.0 Å². The molecule has 0 aliphatic carbocycles. The second-order valence-corrected chi connectivity index (χ2v) is 9.45. The van der Waals surface area contributed by atoms with Gasteiger partial charge in [-0.2, -0.15) is 0 Å². The number of methoxy groups -OCH3 is 2. The fourth-order valence-corrected chi connectivity index (χ4v) is 4.86. The van der Waals surface area contributed by atoms with E-state index in [0.717, 1.165) is 78.0 Å². The van der Waals surface area contributed by atoms with Crippen LogP contribution in [0, 0.1) is 0 Å². The zero-order valence-corrected chi connectivity index (χ0v) is 22.4. The molecule has 7 heteroatoms. The van der Waals surface area contributed by atoms with E-state index < -0.39 is 0 Å². The Labute approximate surface area is 224 Å². The van der Waals surface area contributed by atoms with E-state index in [4.69, 9.17) is 23.9 Å². The van der Waals surface area contributed by atoms with Crippen molar-refractivity contribution in [2.24, 2.45) is 0 Å². The van der Waals surface area contributed by atoms with Gasteiger partial charge in [0, 0.05) is 37.3 Å². The van der Waals surface area contributed by atoms with Gasteiger partial charge in [0.25, 0.3) is 0 Å². The third-order valence-electron chi connectivity index (χ3n) is 6.82. The van der Waals surface area contributed by atoms with Gasteiger partial charge >= 0.3 is 0 Å². The summed E-state index contributed by atoms with van der Waals surface area (Å²) in [6, 6.07) is 22.5. The molecule has 198 valence electrons. The molecule has 4 aromatic rings. The number of rotatable bonds is 12. The number of imidazole rings is 1. The van der Waals surface area contributed by atoms with Crippen LogP contribution in [-0.2, 0) is 26.2 Å². The summed E-state index contributed by atoms with van der Waals surface area (Å²) < 4.78 is 24.8. The molecule has 1 aromatic heterocycles. The van der Waals surface area contributed by atoms with E-state index in [1.54, 1.807) is 14.2 Å². The second kappa shape index (κ2) is 12.0. The van der Waals surface area contributed by atoms with E-state index in [2.05, 4.69) is 58.9 Å². The van der Waals surface area contributed by atoms with Crippen molar-refractivity contribution in [2.75, 3.05) is 21.0 Å². The van der Waals surface area contributed by atoms with Crippen molar-refractivity contribution >= 4 is 0 Å². The Morgan fingerprint density at radius 2 is 1.74 bits per heavy atom. The van der Waals surface area contributed by atoms with Gasteiger partial charge in [-0.25, -0.2) is 4.98 Å². The van der Waals surface area contributed by atoms with Crippen LogP contribution in [0.4, 0.5) is 0 Å². The molecule has 3 aromatic carbocycles. The molecule has 7 nitrogen and oxygen atoms in total. The predicted molar refractivity (Wildman–Crippen MR) is 148 cm³/mol. The van der Waals surface area contributed by atoms with E-state index in [0.29, 0.717) is 6.54 Å². The molecule has 0 amide bonds. The van der Waals surface area contributed by atoms with Crippen molar-refractivity contribution in [1.29, 1.82) is 0 Å². The number of nitrogens with zero attached hydrogens (tertiary/aromatic N) is 3. The molecule has 0 saturated heterocycles. The molecular formula is C31H35N3O4. The summed E-state index contributed by atoms with van der Waals surface area (Å²) in [6.45, 7) is 5.53. The molecule has 38 heavy (non-hydrogen) atoms. The lowest BCUT2D eigenvalue weighted by Gasteiger charge is -2.25. The van der Waals surface area contributed by atoms with Gasteiger partial charge in [0.05, 0.1) is 26.1 Å². The molecule has 0 spiro atoms. The van der Waals surface area contributed by atoms with Crippen molar-refractivity contribution in [2.45, 2.75) is 45.9 Å². The number of unbranched alkanes of at least 4 members (excludes halogenated alkanes) is 1. The largest absolute Gasteiger partial charge is 0.497 e. The number of ether oxygens (including phenoxy) is 4. The molecule has 0 N–H and O–H groups in total. The summed E-state index contributed by atoms with van der Waals surface area (Å²) in [5.74, 6) is 4.24. The Hall–Kier alpha value is -3.97. The maximum atomic E-state index is 5.71. The van der Waals surface area contributed by atoms with Gasteiger partial charge in [-0.1, -0.05) is 49.7 Å². The number of fused-ring (bicyclic) bond motifs is 1. The monoisotopic (exact) mass is 513 g/mol. The summed E-state index contributed by atoms with van der Waals surface area (Å²) in [7, 11) is 3.40. The van der Waals surface area contributed by atoms with Gasteiger partial charge in [-0.3, -0.25) is 4.90 Å². The van der Waals surface area contributed by atoms with Crippen molar-refractivity contribution in [3.8, 4) is 34.4 Å². The summed E-state index contributed by atoms with van der Waals surface area (Å²) in [5, 5.41) is 0. The summed E-state index contributed by atoms with van der Waals surface area (Å²) >= 11 is 0. The van der Waals surface area contributed by atoms with E-state index in [9.17, 15) is 0 Å². The van der Waals surface area contributed by atoms with Gasteiger partial charge in [0.15, 0.2) is 11.5 Å². The Balaban J connectivity index is 1.49. The maximum Gasteiger partial charge on any atom is 0.231 e. The molecule has 1 aliphatic rings. The lowest BCUT2D eigenvalue weighted by Crippen LogP contribution is -2.24. The first kappa shape index (κ1) is 25.7.